The number of nitrogens with zero attached hydrogens (tertiary/aromatic N) is 1. The van der Waals surface area contributed by atoms with Crippen molar-refractivity contribution in [3.05, 3.63) is 53.2 Å². The Balaban J connectivity index is 0.00000254. The minimum atomic E-state index is -4.46. The number of hydrogen-bond donors (Lipinski definition) is 2. The molecule has 1 aromatic rings. The van der Waals surface area contributed by atoms with Gasteiger partial charge in [0.2, 0.25) is 0 Å². The summed E-state index contributed by atoms with van der Waals surface area (Å²) in [7, 11) is 0. The van der Waals surface area contributed by atoms with Crippen LogP contribution in [-0.2, 0) is 4.74 Å². The summed E-state index contributed by atoms with van der Waals surface area (Å²) in [6, 6.07) is 0. The maximum absolute atomic E-state index is 12.2. The van der Waals surface area contributed by atoms with Gasteiger partial charge < -0.3 is 9.84 Å². The Morgan fingerprint density at radius 1 is 1.42 bits per heavy atom. The van der Waals surface area contributed by atoms with Crippen LogP contribution in [0, 0.1) is 0 Å². The van der Waals surface area contributed by atoms with Gasteiger partial charge in [-0.05, 0) is 6.08 Å². The number of aromatic nitrogens is 2. The maximum Gasteiger partial charge on any atom is 0.422 e. The van der Waals surface area contributed by atoms with Gasteiger partial charge in [0, 0.05) is 11.3 Å². The normalized spacial score (nSPS) is 11.7. The van der Waals surface area contributed by atoms with Crippen LogP contribution in [0.5, 0.6) is 5.75 Å². The zero-order valence-corrected chi connectivity index (χ0v) is 14.1. The predicted octanol–water partition coefficient (Wildman–Crippen LogP) is 3.80. The molecule has 0 aliphatic heterocycles. The molecule has 0 fully saturated rings. The van der Waals surface area contributed by atoms with Crippen LogP contribution in [0.3, 0.4) is 0 Å². The van der Waals surface area contributed by atoms with Gasteiger partial charge in [0.15, 0.2) is 17.5 Å². The standard InChI is InChI=1S/C13H13F3N2O3S.C2H6/c1-3-8(10(4-2)21-7-13(14,15)16)6-22-12-17-5-9(19)11(20)18-12;1-2/h3-5,19H,1-2,6-7H2,(H,17,18,20);1-2H3/b10-8-;. The lowest BCUT2D eigenvalue weighted by Gasteiger charge is -2.12. The molecule has 2 N–H and O–H groups in total. The van der Waals surface area contributed by atoms with E-state index in [4.69, 9.17) is 5.11 Å². The number of aromatic amines is 1. The van der Waals surface area contributed by atoms with Gasteiger partial charge in [0.25, 0.3) is 5.56 Å². The van der Waals surface area contributed by atoms with Crippen molar-refractivity contribution in [2.24, 2.45) is 0 Å². The fraction of sp³-hybridized carbons (Fsp3) is 0.333. The van der Waals surface area contributed by atoms with Crippen LogP contribution in [0.25, 0.3) is 0 Å². The number of thioether (sulfide) groups is 1. The molecule has 0 aliphatic carbocycles. The molecule has 0 aromatic carbocycles. The lowest BCUT2D eigenvalue weighted by molar-refractivity contribution is -0.163. The summed E-state index contributed by atoms with van der Waals surface area (Å²) in [4.78, 5) is 17.3. The first kappa shape index (κ1) is 21.8. The van der Waals surface area contributed by atoms with Crippen molar-refractivity contribution >= 4 is 11.8 Å². The molecule has 1 rings (SSSR count). The number of allylic oxidation sites excluding steroid dienone is 2. The van der Waals surface area contributed by atoms with Crippen LogP contribution < -0.4 is 5.56 Å². The van der Waals surface area contributed by atoms with Crippen molar-refractivity contribution < 1.29 is 23.0 Å². The summed E-state index contributed by atoms with van der Waals surface area (Å²) in [6.45, 7) is 9.46. The number of halogens is 3. The second kappa shape index (κ2) is 10.6. The van der Waals surface area contributed by atoms with Crippen LogP contribution >= 0.6 is 11.8 Å². The van der Waals surface area contributed by atoms with Crippen LogP contribution in [-0.4, -0.2) is 33.6 Å². The van der Waals surface area contributed by atoms with Gasteiger partial charge in [-0.3, -0.25) is 9.78 Å². The highest BCUT2D eigenvalue weighted by molar-refractivity contribution is 7.99. The monoisotopic (exact) mass is 364 g/mol. The average molecular weight is 364 g/mol. The van der Waals surface area contributed by atoms with Crippen molar-refractivity contribution in [2.75, 3.05) is 12.4 Å². The van der Waals surface area contributed by atoms with Gasteiger partial charge in [-0.15, -0.1) is 0 Å². The minimum Gasteiger partial charge on any atom is -0.502 e. The summed E-state index contributed by atoms with van der Waals surface area (Å²) < 4.78 is 41.2. The number of alkyl halides is 3. The molecular formula is C15H19F3N2O3S. The van der Waals surface area contributed by atoms with E-state index in [1.54, 1.807) is 0 Å². The van der Waals surface area contributed by atoms with E-state index in [0.29, 0.717) is 5.57 Å². The third kappa shape index (κ3) is 7.91. The van der Waals surface area contributed by atoms with Crippen molar-refractivity contribution in [1.29, 1.82) is 0 Å². The lowest BCUT2D eigenvalue weighted by atomic mass is 10.2. The first-order chi connectivity index (χ1) is 11.3. The molecule has 0 unspecified atom stereocenters. The Bertz CT molecular complexity index is 640. The van der Waals surface area contributed by atoms with E-state index in [9.17, 15) is 18.0 Å². The van der Waals surface area contributed by atoms with E-state index >= 15 is 0 Å². The van der Waals surface area contributed by atoms with Crippen molar-refractivity contribution in [3.63, 3.8) is 0 Å². The smallest absolute Gasteiger partial charge is 0.422 e. The molecule has 0 saturated heterocycles. The van der Waals surface area contributed by atoms with E-state index in [0.717, 1.165) is 24.0 Å². The molecule has 134 valence electrons. The zero-order chi connectivity index (χ0) is 18.8. The number of nitrogens with one attached hydrogen (secondary N) is 1. The van der Waals surface area contributed by atoms with Crippen molar-refractivity contribution in [1.82, 2.24) is 9.97 Å². The van der Waals surface area contributed by atoms with E-state index in [1.807, 2.05) is 13.8 Å². The summed E-state index contributed by atoms with van der Waals surface area (Å²) in [6.07, 6.45) is -1.00. The van der Waals surface area contributed by atoms with Crippen LogP contribution in [0.15, 0.2) is 52.8 Å². The number of aromatic hydroxyl groups is 1. The molecule has 0 radical (unpaired) electrons. The fourth-order valence-electron chi connectivity index (χ4n) is 1.26. The predicted molar refractivity (Wildman–Crippen MR) is 88.0 cm³/mol. The third-order valence-corrected chi connectivity index (χ3v) is 3.20. The van der Waals surface area contributed by atoms with Crippen LogP contribution in [0.4, 0.5) is 13.2 Å². The average Bonchev–Trinajstić information content (AvgIpc) is 2.54. The van der Waals surface area contributed by atoms with Gasteiger partial charge in [-0.1, -0.05) is 44.8 Å². The van der Waals surface area contributed by atoms with Crippen molar-refractivity contribution in [3.8, 4) is 5.75 Å². The first-order valence-electron chi connectivity index (χ1n) is 6.85. The summed E-state index contributed by atoms with van der Waals surface area (Å²) in [5.41, 5.74) is -0.348. The van der Waals surface area contributed by atoms with Crippen LogP contribution in [0.2, 0.25) is 0 Å². The second-order valence-electron chi connectivity index (χ2n) is 3.89. The Morgan fingerprint density at radius 3 is 2.50 bits per heavy atom. The molecule has 0 amide bonds. The molecular weight excluding hydrogens is 345 g/mol. The van der Waals surface area contributed by atoms with Gasteiger partial charge in [-0.2, -0.15) is 13.2 Å². The Morgan fingerprint density at radius 2 is 2.04 bits per heavy atom. The number of rotatable bonds is 7. The van der Waals surface area contributed by atoms with Gasteiger partial charge in [0.1, 0.15) is 5.76 Å². The molecule has 9 heteroatoms. The second-order valence-corrected chi connectivity index (χ2v) is 4.86. The lowest BCUT2D eigenvalue weighted by Crippen LogP contribution is -2.17. The Labute approximate surface area is 142 Å². The Kier molecular flexibility index (Phi) is 9.63. The van der Waals surface area contributed by atoms with Gasteiger partial charge >= 0.3 is 6.18 Å². The largest absolute Gasteiger partial charge is 0.502 e. The van der Waals surface area contributed by atoms with Gasteiger partial charge in [0.05, 0.1) is 6.20 Å². The fourth-order valence-corrected chi connectivity index (χ4v) is 2.11. The maximum atomic E-state index is 12.2. The zero-order valence-electron chi connectivity index (χ0n) is 13.3. The highest BCUT2D eigenvalue weighted by Crippen LogP contribution is 2.22. The van der Waals surface area contributed by atoms with Crippen LogP contribution in [0.1, 0.15) is 13.8 Å². The topological polar surface area (TPSA) is 75.2 Å². The Hall–Kier alpha value is -2.16. The molecule has 0 bridgehead atoms. The molecule has 0 saturated carbocycles. The third-order valence-electron chi connectivity index (χ3n) is 2.26. The minimum absolute atomic E-state index is 0.0547. The molecule has 5 nitrogen and oxygen atoms in total. The summed E-state index contributed by atoms with van der Waals surface area (Å²) >= 11 is 1.04. The highest BCUT2D eigenvalue weighted by atomic mass is 32.2. The quantitative estimate of drug-likeness (QED) is 0.333. The molecule has 0 spiro atoms. The first-order valence-corrected chi connectivity index (χ1v) is 7.84. The van der Waals surface area contributed by atoms with Gasteiger partial charge in [-0.25, -0.2) is 4.98 Å². The molecule has 1 heterocycles. The summed E-state index contributed by atoms with van der Waals surface area (Å²) in [5, 5.41) is 9.25. The number of H-pyrrole nitrogens is 1. The summed E-state index contributed by atoms with van der Waals surface area (Å²) in [5.74, 6) is -0.429. The van der Waals surface area contributed by atoms with E-state index in [-0.39, 0.29) is 16.7 Å². The molecule has 24 heavy (non-hydrogen) atoms. The highest BCUT2D eigenvalue weighted by Gasteiger charge is 2.28. The van der Waals surface area contributed by atoms with E-state index in [2.05, 4.69) is 27.9 Å². The van der Waals surface area contributed by atoms with Crippen molar-refractivity contribution in [2.45, 2.75) is 25.2 Å². The molecule has 0 aliphatic rings. The van der Waals surface area contributed by atoms with E-state index in [1.165, 1.54) is 6.08 Å². The number of ether oxygens (including phenoxy) is 1. The SMILES string of the molecule is C=C/C(CSc1ncc(O)c(=O)[nH]1)=C(\C=C)OCC(F)(F)F.CC. The number of hydrogen-bond acceptors (Lipinski definition) is 5. The molecule has 1 aromatic heterocycles. The van der Waals surface area contributed by atoms with E-state index < -0.39 is 24.1 Å². The molecule has 0 atom stereocenters.